The molecule has 0 aliphatic carbocycles. The van der Waals surface area contributed by atoms with E-state index in [-0.39, 0.29) is 0 Å². The molecule has 0 saturated heterocycles. The summed E-state index contributed by atoms with van der Waals surface area (Å²) in [5.41, 5.74) is 0. The molecule has 0 bridgehead atoms. The molecule has 9 nitrogen and oxygen atoms in total. The molecule has 0 amide bonds. The zero-order valence-corrected chi connectivity index (χ0v) is 13.9. The highest BCUT2D eigenvalue weighted by atomic mass is 32.2. The van der Waals surface area contributed by atoms with Gasteiger partial charge in [0.2, 0.25) is 0 Å². The summed E-state index contributed by atoms with van der Waals surface area (Å²) in [6, 6.07) is 1.87. The molecule has 0 N–H and O–H groups in total. The average molecular weight is 354 g/mol. The fourth-order valence-corrected chi connectivity index (χ4v) is 3.46. The van der Waals surface area contributed by atoms with Crippen molar-refractivity contribution in [3.05, 3.63) is 61.3 Å². The number of ether oxygens (including phenoxy) is 1. The lowest BCUT2D eigenvalue weighted by Crippen LogP contribution is -2.24. The van der Waals surface area contributed by atoms with Crippen LogP contribution < -0.4 is 9.80 Å². The van der Waals surface area contributed by atoms with Crippen LogP contribution in [0, 0.1) is 0 Å². The summed E-state index contributed by atoms with van der Waals surface area (Å²) in [6.45, 7) is 0.427. The predicted molar refractivity (Wildman–Crippen MR) is 94.0 cm³/mol. The van der Waals surface area contributed by atoms with Crippen LogP contribution in [0.4, 0.5) is 11.6 Å². The van der Waals surface area contributed by atoms with Crippen molar-refractivity contribution in [2.45, 2.75) is 0 Å². The van der Waals surface area contributed by atoms with E-state index in [1.54, 1.807) is 41.4 Å². The van der Waals surface area contributed by atoms with Gasteiger partial charge in [-0.2, -0.15) is 14.8 Å². The Morgan fingerprint density at radius 2 is 2.12 bits per heavy atom. The van der Waals surface area contributed by atoms with E-state index in [0.717, 1.165) is 17.5 Å². The quantitative estimate of drug-likeness (QED) is 0.708. The fraction of sp³-hybridized carbons (Fsp3) is 0.133. The summed E-state index contributed by atoms with van der Waals surface area (Å²) in [5.74, 6) is 3.18. The Morgan fingerprint density at radius 3 is 2.80 bits per heavy atom. The molecule has 3 aromatic heterocycles. The number of hydrogen-bond donors (Lipinski definition) is 0. The number of rotatable bonds is 4. The van der Waals surface area contributed by atoms with E-state index in [1.807, 2.05) is 45.1 Å². The second kappa shape index (κ2) is 5.74. The molecule has 2 aliphatic heterocycles. The number of thioether (sulfide) groups is 1. The third kappa shape index (κ3) is 2.30. The van der Waals surface area contributed by atoms with Gasteiger partial charge in [-0.3, -0.25) is 4.90 Å². The molecule has 5 heterocycles. The maximum atomic E-state index is 5.42. The summed E-state index contributed by atoms with van der Waals surface area (Å²) in [5, 5.41) is 6.41. The first-order chi connectivity index (χ1) is 12.4. The molecule has 3 aromatic rings. The molecule has 0 atom stereocenters. The molecule has 0 saturated carbocycles. The Kier molecular flexibility index (Phi) is 3.27. The summed E-state index contributed by atoms with van der Waals surface area (Å²) < 4.78 is 11.0. The van der Waals surface area contributed by atoms with Crippen molar-refractivity contribution in [3.8, 4) is 5.95 Å². The maximum absolute atomic E-state index is 5.42. The highest BCUT2D eigenvalue weighted by molar-refractivity contribution is 8.02. The average Bonchev–Trinajstić information content (AvgIpc) is 3.48. The predicted octanol–water partition coefficient (Wildman–Crippen LogP) is 1.82. The largest absolute Gasteiger partial charge is 0.479 e. The van der Waals surface area contributed by atoms with Gasteiger partial charge < -0.3 is 9.64 Å². The molecule has 0 fully saturated rings. The third-order valence-corrected chi connectivity index (χ3v) is 4.61. The monoisotopic (exact) mass is 354 g/mol. The van der Waals surface area contributed by atoms with Crippen molar-refractivity contribution in [2.75, 3.05) is 22.4 Å². The van der Waals surface area contributed by atoms with Crippen LogP contribution in [0.1, 0.15) is 0 Å². The number of hydrogen-bond acceptors (Lipinski definition) is 7. The van der Waals surface area contributed by atoms with E-state index in [2.05, 4.69) is 20.4 Å². The van der Waals surface area contributed by atoms with Gasteiger partial charge in [0.25, 0.3) is 5.95 Å². The molecule has 126 valence electrons. The standard InChI is InChI=1S/C15H14N8OS/c1-2-17-22(4-1)15-18-13(20-7-9-25-12-20)14(19-6-8-24-11-19)23(15)21-5-3-16-10-21/h1-10H,11-12H2. The minimum Gasteiger partial charge on any atom is -0.479 e. The number of imidazole rings is 2. The van der Waals surface area contributed by atoms with Gasteiger partial charge in [-0.15, -0.1) is 11.8 Å². The second-order valence-corrected chi connectivity index (χ2v) is 6.23. The van der Waals surface area contributed by atoms with Gasteiger partial charge in [0.1, 0.15) is 12.6 Å². The summed E-state index contributed by atoms with van der Waals surface area (Å²) >= 11 is 1.73. The van der Waals surface area contributed by atoms with Crippen LogP contribution >= 0.6 is 11.8 Å². The van der Waals surface area contributed by atoms with E-state index < -0.39 is 0 Å². The lowest BCUT2D eigenvalue weighted by Gasteiger charge is -2.21. The van der Waals surface area contributed by atoms with Crippen molar-refractivity contribution in [1.82, 2.24) is 29.1 Å². The minimum atomic E-state index is 0.427. The highest BCUT2D eigenvalue weighted by Gasteiger charge is 2.29. The minimum absolute atomic E-state index is 0.427. The first kappa shape index (κ1) is 14.2. The zero-order valence-electron chi connectivity index (χ0n) is 13.1. The molecule has 25 heavy (non-hydrogen) atoms. The van der Waals surface area contributed by atoms with Crippen LogP contribution in [0.5, 0.6) is 0 Å². The molecule has 0 spiro atoms. The first-order valence-electron chi connectivity index (χ1n) is 7.63. The Hall–Kier alpha value is -3.14. The van der Waals surface area contributed by atoms with E-state index >= 15 is 0 Å². The van der Waals surface area contributed by atoms with Crippen LogP contribution in [0.25, 0.3) is 5.95 Å². The summed E-state index contributed by atoms with van der Waals surface area (Å²) in [6.07, 6.45) is 14.5. The Balaban J connectivity index is 1.77. The van der Waals surface area contributed by atoms with Crippen molar-refractivity contribution in [2.24, 2.45) is 0 Å². The fourth-order valence-electron chi connectivity index (χ4n) is 2.77. The van der Waals surface area contributed by atoms with Crippen LogP contribution in [0.15, 0.2) is 61.3 Å². The van der Waals surface area contributed by atoms with Gasteiger partial charge in [-0.1, -0.05) is 0 Å². The van der Waals surface area contributed by atoms with Crippen LogP contribution in [-0.4, -0.2) is 41.7 Å². The molecule has 5 rings (SSSR count). The van der Waals surface area contributed by atoms with E-state index in [4.69, 9.17) is 9.72 Å². The van der Waals surface area contributed by atoms with Gasteiger partial charge in [0, 0.05) is 37.2 Å². The Bertz CT molecular complexity index is 927. The van der Waals surface area contributed by atoms with Crippen molar-refractivity contribution in [1.29, 1.82) is 0 Å². The zero-order chi connectivity index (χ0) is 16.6. The lowest BCUT2D eigenvalue weighted by atomic mass is 10.5. The molecular weight excluding hydrogens is 340 g/mol. The normalized spacial score (nSPS) is 16.2. The molecule has 0 radical (unpaired) electrons. The molecule has 0 unspecified atom stereocenters. The maximum Gasteiger partial charge on any atom is 0.254 e. The highest BCUT2D eigenvalue weighted by Crippen LogP contribution is 2.36. The van der Waals surface area contributed by atoms with Gasteiger partial charge in [0.05, 0.1) is 5.88 Å². The number of nitrogens with zero attached hydrogens (tertiary/aromatic N) is 8. The van der Waals surface area contributed by atoms with Crippen LogP contribution in [0.3, 0.4) is 0 Å². The first-order valence-corrected chi connectivity index (χ1v) is 8.68. The van der Waals surface area contributed by atoms with Gasteiger partial charge in [-0.25, -0.2) is 14.3 Å². The van der Waals surface area contributed by atoms with Crippen molar-refractivity contribution < 1.29 is 4.74 Å². The third-order valence-electron chi connectivity index (χ3n) is 3.87. The Labute approximate surface area is 147 Å². The Morgan fingerprint density at radius 1 is 1.12 bits per heavy atom. The van der Waals surface area contributed by atoms with Gasteiger partial charge >= 0.3 is 0 Å². The van der Waals surface area contributed by atoms with E-state index in [1.165, 1.54) is 0 Å². The molecule has 0 aromatic carbocycles. The SMILES string of the molecule is C1=CN(c2c(N3C=CSC3)nc(-n3cccn3)n2-n2ccnc2)CO1. The summed E-state index contributed by atoms with van der Waals surface area (Å²) in [4.78, 5) is 13.2. The van der Waals surface area contributed by atoms with Gasteiger partial charge in [-0.05, 0) is 11.5 Å². The van der Waals surface area contributed by atoms with Crippen LogP contribution in [0.2, 0.25) is 0 Å². The lowest BCUT2D eigenvalue weighted by molar-refractivity contribution is 0.280. The van der Waals surface area contributed by atoms with E-state index in [9.17, 15) is 0 Å². The van der Waals surface area contributed by atoms with Crippen molar-refractivity contribution >= 4 is 23.4 Å². The molecular formula is C15H14N8OS. The summed E-state index contributed by atoms with van der Waals surface area (Å²) in [7, 11) is 0. The van der Waals surface area contributed by atoms with Gasteiger partial charge in [0.15, 0.2) is 18.4 Å². The van der Waals surface area contributed by atoms with Crippen LogP contribution in [-0.2, 0) is 4.74 Å². The second-order valence-electron chi connectivity index (χ2n) is 5.37. The smallest absolute Gasteiger partial charge is 0.254 e. The van der Waals surface area contributed by atoms with Crippen molar-refractivity contribution in [3.63, 3.8) is 0 Å². The molecule has 10 heteroatoms. The van der Waals surface area contributed by atoms with E-state index in [0.29, 0.717) is 12.7 Å². The number of anilines is 2. The topological polar surface area (TPSA) is 69.2 Å². The number of aromatic nitrogens is 6. The molecule has 2 aliphatic rings.